The predicted molar refractivity (Wildman–Crippen MR) is 263 cm³/mol. The van der Waals surface area contributed by atoms with Crippen LogP contribution in [0.15, 0.2) is 60.7 Å². The van der Waals surface area contributed by atoms with Crippen LogP contribution in [0.5, 0.6) is 23.0 Å². The fourth-order valence-electron chi connectivity index (χ4n) is 15.4. The topological polar surface area (TPSA) is 210 Å². The van der Waals surface area contributed by atoms with Crippen LogP contribution in [0.1, 0.15) is 138 Å². The summed E-state index contributed by atoms with van der Waals surface area (Å²) in [5.41, 5.74) is 10.3. The standard InChI is InChI=1S/C28H39NO5.C20H35NO2.C8H6O4/c1-17-4-6-22-21(14-29-26(32)18-5-7-24-25(12-18)34-16-33-24)23(9-11-27(17,22)2)28(3)10-8-20(31)13-19(28)15-30;1-13-4-5-17-16(11-21)18(7-9-19(13,17)2)20(3)8-6-15(23)10-14(20)12-22;9-8(10)5-1-2-6-7(3-5)12-4-11-6/h5,7,12,19-23,30-31H,1,4,6,8-11,13-16H2,2-3H3,(H,29,32);14-18,22-23H,1,4-12,21H2,2-3H3;1-3H,4H2,(H,9,10)/t19-,20+,21+,22+,23+,27-,28+;14-,15+,16+,17+,18+,19-,20+;/m11./s1. The number of carboxylic acids is 1. The van der Waals surface area contributed by atoms with Gasteiger partial charge in [-0.15, -0.1) is 0 Å². The van der Waals surface area contributed by atoms with Gasteiger partial charge in [-0.05, 0) is 202 Å². The van der Waals surface area contributed by atoms with Crippen LogP contribution in [0.2, 0.25) is 0 Å². The van der Waals surface area contributed by atoms with E-state index < -0.39 is 5.97 Å². The van der Waals surface area contributed by atoms with Gasteiger partial charge in [0.2, 0.25) is 13.6 Å². The molecule has 6 fully saturated rings. The van der Waals surface area contributed by atoms with E-state index in [1.54, 1.807) is 24.3 Å². The van der Waals surface area contributed by atoms with Gasteiger partial charge in [0.15, 0.2) is 23.0 Å². The number of fused-ring (bicyclic) bond motifs is 4. The number of benzene rings is 2. The molecule has 8 aliphatic rings. The Morgan fingerprint density at radius 3 is 1.57 bits per heavy atom. The molecule has 2 heterocycles. The molecule has 380 valence electrons. The summed E-state index contributed by atoms with van der Waals surface area (Å²) in [7, 11) is 0. The highest BCUT2D eigenvalue weighted by molar-refractivity contribution is 5.95. The number of aliphatic hydroxyl groups is 4. The van der Waals surface area contributed by atoms with Gasteiger partial charge < -0.3 is 55.5 Å². The highest BCUT2D eigenvalue weighted by Gasteiger charge is 2.58. The second kappa shape index (κ2) is 20.5. The van der Waals surface area contributed by atoms with E-state index in [-0.39, 0.29) is 84.0 Å². The fourth-order valence-corrected chi connectivity index (χ4v) is 15.4. The lowest BCUT2D eigenvalue weighted by atomic mass is 9.49. The maximum atomic E-state index is 13.2. The average Bonchev–Trinajstić information content (AvgIpc) is 4.15. The molecule has 2 aromatic rings. The number of ether oxygens (including phenoxy) is 4. The molecule has 10 rings (SSSR count). The lowest BCUT2D eigenvalue weighted by molar-refractivity contribution is -0.0928. The van der Waals surface area contributed by atoms with Crippen molar-refractivity contribution in [2.45, 2.75) is 130 Å². The normalized spacial score (nSPS) is 38.4. The van der Waals surface area contributed by atoms with E-state index in [9.17, 15) is 30.0 Å². The van der Waals surface area contributed by atoms with Gasteiger partial charge in [-0.2, -0.15) is 0 Å². The number of carbonyl (C=O) groups is 2. The summed E-state index contributed by atoms with van der Waals surface area (Å²) in [5, 5.41) is 52.4. The Kier molecular flexibility index (Phi) is 15.2. The molecule has 0 bridgehead atoms. The zero-order chi connectivity index (χ0) is 49.5. The van der Waals surface area contributed by atoms with Crippen molar-refractivity contribution in [3.63, 3.8) is 0 Å². The molecular formula is C56H80N2O11. The second-order valence-corrected chi connectivity index (χ2v) is 23.0. The molecule has 6 saturated carbocycles. The van der Waals surface area contributed by atoms with E-state index in [0.717, 1.165) is 70.8 Å². The third-order valence-corrected chi connectivity index (χ3v) is 20.0. The van der Waals surface area contributed by atoms with E-state index >= 15 is 0 Å². The number of carbonyl (C=O) groups excluding carboxylic acids is 1. The van der Waals surface area contributed by atoms with E-state index in [4.69, 9.17) is 29.8 Å². The van der Waals surface area contributed by atoms with Crippen molar-refractivity contribution in [2.24, 2.45) is 74.7 Å². The van der Waals surface area contributed by atoms with Crippen LogP contribution in [-0.2, 0) is 0 Å². The number of nitrogens with one attached hydrogen (secondary N) is 1. The van der Waals surface area contributed by atoms with Crippen LogP contribution in [0.25, 0.3) is 0 Å². The number of aliphatic hydroxyl groups excluding tert-OH is 4. The molecule has 69 heavy (non-hydrogen) atoms. The molecule has 0 aromatic heterocycles. The minimum atomic E-state index is -0.965. The second-order valence-electron chi connectivity index (χ2n) is 23.0. The zero-order valence-corrected chi connectivity index (χ0v) is 41.6. The predicted octanol–water partition coefficient (Wildman–Crippen LogP) is 8.52. The van der Waals surface area contributed by atoms with Crippen molar-refractivity contribution in [1.82, 2.24) is 5.32 Å². The highest BCUT2D eigenvalue weighted by Crippen LogP contribution is 2.65. The Labute approximate surface area is 409 Å². The van der Waals surface area contributed by atoms with Crippen molar-refractivity contribution >= 4 is 11.9 Å². The molecule has 6 aliphatic carbocycles. The third kappa shape index (κ3) is 9.68. The van der Waals surface area contributed by atoms with E-state index in [0.29, 0.717) is 77.0 Å². The number of rotatable bonds is 9. The van der Waals surface area contributed by atoms with Crippen LogP contribution in [0, 0.1) is 69.0 Å². The van der Waals surface area contributed by atoms with Crippen LogP contribution in [0.4, 0.5) is 0 Å². The van der Waals surface area contributed by atoms with E-state index in [1.807, 2.05) is 0 Å². The van der Waals surface area contributed by atoms with Crippen LogP contribution in [0.3, 0.4) is 0 Å². The molecule has 2 aromatic carbocycles. The number of hydrogen-bond acceptors (Lipinski definition) is 11. The van der Waals surface area contributed by atoms with Gasteiger partial charge in [0.05, 0.1) is 17.8 Å². The molecule has 13 nitrogen and oxygen atoms in total. The maximum absolute atomic E-state index is 13.2. The Hall–Kier alpha value is -4.14. The van der Waals surface area contributed by atoms with Gasteiger partial charge in [-0.25, -0.2) is 4.79 Å². The van der Waals surface area contributed by atoms with Gasteiger partial charge in [0.25, 0.3) is 5.91 Å². The SMILES string of the molecule is C=C1CC[C@H]2[C@H](CN)[C@@H]([C@@]3(C)CC[C@H](O)C[C@@H]3CO)CC[C@]12C.C=C1CC[C@H]2[C@H](CNC(=O)c3ccc4c(c3)OCO4)[C@@H]([C@@]3(C)CC[C@H](O)C[C@@H]3CO)CC[C@]12C.O=C(O)c1ccc2c(c1)OCO2. The molecule has 14 atom stereocenters. The van der Waals surface area contributed by atoms with Crippen LogP contribution < -0.4 is 30.0 Å². The Morgan fingerprint density at radius 2 is 1.09 bits per heavy atom. The van der Waals surface area contributed by atoms with Crippen molar-refractivity contribution in [3.05, 3.63) is 71.8 Å². The zero-order valence-electron chi connectivity index (χ0n) is 41.6. The lowest BCUT2D eigenvalue weighted by Gasteiger charge is -2.56. The Balaban J connectivity index is 0.000000157. The Bertz CT molecular complexity index is 2220. The summed E-state index contributed by atoms with van der Waals surface area (Å²) in [4.78, 5) is 23.7. The van der Waals surface area contributed by atoms with Gasteiger partial charge in [0.1, 0.15) is 0 Å². The molecule has 13 heteroatoms. The highest BCUT2D eigenvalue weighted by atomic mass is 16.7. The van der Waals surface area contributed by atoms with E-state index in [2.05, 4.69) is 46.2 Å². The minimum Gasteiger partial charge on any atom is -0.478 e. The number of nitrogens with two attached hydrogens (primary N) is 1. The van der Waals surface area contributed by atoms with Crippen molar-refractivity contribution in [1.29, 1.82) is 0 Å². The number of amides is 1. The first kappa shape index (κ1) is 51.2. The van der Waals surface area contributed by atoms with Gasteiger partial charge >= 0.3 is 5.97 Å². The van der Waals surface area contributed by atoms with Crippen molar-refractivity contribution < 1.29 is 54.1 Å². The van der Waals surface area contributed by atoms with Crippen LogP contribution >= 0.6 is 0 Å². The van der Waals surface area contributed by atoms with Gasteiger partial charge in [-0.3, -0.25) is 4.79 Å². The number of allylic oxidation sites excluding steroid dienone is 2. The van der Waals surface area contributed by atoms with E-state index in [1.165, 1.54) is 42.5 Å². The molecular weight excluding hydrogens is 877 g/mol. The van der Waals surface area contributed by atoms with Gasteiger partial charge in [0, 0.05) is 25.3 Å². The number of aromatic carboxylic acids is 1. The molecule has 0 spiro atoms. The molecule has 2 aliphatic heterocycles. The summed E-state index contributed by atoms with van der Waals surface area (Å²) < 4.78 is 20.9. The summed E-state index contributed by atoms with van der Waals surface area (Å²) in [6, 6.07) is 9.85. The maximum Gasteiger partial charge on any atom is 0.335 e. The average molecular weight is 957 g/mol. The molecule has 0 unspecified atom stereocenters. The van der Waals surface area contributed by atoms with Crippen molar-refractivity contribution in [2.75, 3.05) is 39.9 Å². The largest absolute Gasteiger partial charge is 0.478 e. The smallest absolute Gasteiger partial charge is 0.335 e. The monoisotopic (exact) mass is 957 g/mol. The first-order valence-electron chi connectivity index (χ1n) is 25.8. The minimum absolute atomic E-state index is 0.0482. The third-order valence-electron chi connectivity index (χ3n) is 20.0. The molecule has 0 radical (unpaired) electrons. The summed E-state index contributed by atoms with van der Waals surface area (Å²) in [5.74, 6) is 4.54. The quantitative estimate of drug-likeness (QED) is 0.118. The number of hydrogen-bond donors (Lipinski definition) is 7. The molecule has 8 N–H and O–H groups in total. The Morgan fingerprint density at radius 1 is 0.638 bits per heavy atom. The first-order valence-corrected chi connectivity index (χ1v) is 25.8. The number of carboxylic acid groups (broad SMARTS) is 1. The summed E-state index contributed by atoms with van der Waals surface area (Å²) in [6.45, 7) is 20.3. The summed E-state index contributed by atoms with van der Waals surface area (Å²) in [6.07, 6.45) is 13.6. The van der Waals surface area contributed by atoms with Crippen LogP contribution in [-0.4, -0.2) is 89.5 Å². The van der Waals surface area contributed by atoms with Crippen molar-refractivity contribution in [3.8, 4) is 23.0 Å². The summed E-state index contributed by atoms with van der Waals surface area (Å²) >= 11 is 0. The molecule has 0 saturated heterocycles. The lowest BCUT2D eigenvalue weighted by Crippen LogP contribution is -2.53. The fraction of sp³-hybridized carbons (Fsp3) is 0.679. The molecule has 1 amide bonds. The van der Waals surface area contributed by atoms with Gasteiger partial charge in [-0.1, -0.05) is 52.0 Å². The first-order chi connectivity index (χ1) is 32.9.